The highest BCUT2D eigenvalue weighted by Crippen LogP contribution is 2.25. The number of sulfonamides is 1. The van der Waals surface area contributed by atoms with Crippen LogP contribution in [0.3, 0.4) is 0 Å². The molecule has 0 saturated heterocycles. The second-order valence-electron chi connectivity index (χ2n) is 4.35. The molecular weight excluding hydrogens is 295 g/mol. The van der Waals surface area contributed by atoms with Gasteiger partial charge in [-0.15, -0.1) is 0 Å². The molecule has 0 saturated carbocycles. The van der Waals surface area contributed by atoms with Crippen molar-refractivity contribution >= 4 is 15.7 Å². The third-order valence-electron chi connectivity index (χ3n) is 2.96. The van der Waals surface area contributed by atoms with Crippen LogP contribution in [0.2, 0.25) is 0 Å². The summed E-state index contributed by atoms with van der Waals surface area (Å²) in [5.74, 6) is -0.586. The third-order valence-corrected chi connectivity index (χ3v) is 4.81. The van der Waals surface area contributed by atoms with Gasteiger partial charge in [-0.25, -0.2) is 12.8 Å². The minimum Gasteiger partial charge on any atom is -0.329 e. The molecule has 0 aliphatic rings. The van der Waals surface area contributed by atoms with Gasteiger partial charge in [0.25, 0.3) is 10.0 Å². The van der Waals surface area contributed by atoms with Crippen LogP contribution in [0.15, 0.2) is 41.6 Å². The van der Waals surface area contributed by atoms with Crippen LogP contribution >= 0.6 is 0 Å². The second-order valence-corrected chi connectivity index (χ2v) is 6.21. The summed E-state index contributed by atoms with van der Waals surface area (Å²) in [6.07, 6.45) is 2.64. The number of halogens is 1. The average Bonchev–Trinajstić information content (AvgIpc) is 2.91. The monoisotopic (exact) mass is 312 g/mol. The van der Waals surface area contributed by atoms with Gasteiger partial charge in [-0.1, -0.05) is 12.1 Å². The van der Waals surface area contributed by atoms with E-state index >= 15 is 0 Å². The Kier molecular flexibility index (Phi) is 4.59. The Bertz CT molecular complexity index is 714. The first-order valence-electron chi connectivity index (χ1n) is 6.50. The van der Waals surface area contributed by atoms with Gasteiger partial charge in [0.05, 0.1) is 18.4 Å². The molecule has 0 aliphatic heterocycles. The summed E-state index contributed by atoms with van der Waals surface area (Å²) in [4.78, 5) is 0.0149. The van der Waals surface area contributed by atoms with E-state index in [9.17, 15) is 12.8 Å². The lowest BCUT2D eigenvalue weighted by Crippen LogP contribution is -2.31. The van der Waals surface area contributed by atoms with Crippen LogP contribution in [0.25, 0.3) is 0 Å². The average molecular weight is 312 g/mol. The van der Waals surface area contributed by atoms with Crippen molar-refractivity contribution in [3.8, 4) is 0 Å². The Morgan fingerprint density at radius 2 is 2.10 bits per heavy atom. The van der Waals surface area contributed by atoms with Crippen molar-refractivity contribution in [1.29, 1.82) is 0 Å². The first kappa shape index (κ1) is 15.5. The second kappa shape index (κ2) is 6.23. The molecule has 1 aromatic heterocycles. The Morgan fingerprint density at radius 1 is 1.38 bits per heavy atom. The minimum absolute atomic E-state index is 0.0149. The molecule has 0 bridgehead atoms. The summed E-state index contributed by atoms with van der Waals surface area (Å²) in [6, 6.07) is 5.76. The zero-order valence-electron chi connectivity index (χ0n) is 11.6. The minimum atomic E-state index is -3.85. The first-order chi connectivity index (χ1) is 10.0. The highest BCUT2D eigenvalue weighted by molar-refractivity contribution is 7.92. The summed E-state index contributed by atoms with van der Waals surface area (Å²) in [5.41, 5.74) is 5.43. The molecule has 0 unspecified atom stereocenters. The van der Waals surface area contributed by atoms with Gasteiger partial charge in [0, 0.05) is 19.3 Å². The molecule has 21 heavy (non-hydrogen) atoms. The molecule has 114 valence electrons. The van der Waals surface area contributed by atoms with E-state index in [2.05, 4.69) is 5.10 Å². The van der Waals surface area contributed by atoms with E-state index in [0.29, 0.717) is 13.1 Å². The lowest BCUT2D eigenvalue weighted by atomic mass is 10.3. The molecule has 0 amide bonds. The highest BCUT2D eigenvalue weighted by Gasteiger charge is 2.26. The fraction of sp³-hybridized carbons (Fsp3) is 0.308. The maximum absolute atomic E-state index is 13.9. The van der Waals surface area contributed by atoms with Gasteiger partial charge in [-0.3, -0.25) is 8.99 Å². The number of hydrogen-bond donors (Lipinski definition) is 1. The lowest BCUT2D eigenvalue weighted by Gasteiger charge is -2.22. The van der Waals surface area contributed by atoms with Crippen molar-refractivity contribution in [1.82, 2.24) is 9.78 Å². The maximum Gasteiger partial charge on any atom is 0.267 e. The number of nitrogens with zero attached hydrogens (tertiary/aromatic N) is 3. The van der Waals surface area contributed by atoms with Gasteiger partial charge in [0.1, 0.15) is 10.7 Å². The van der Waals surface area contributed by atoms with E-state index in [0.717, 1.165) is 4.31 Å². The number of hydrogen-bond acceptors (Lipinski definition) is 4. The molecule has 0 aliphatic carbocycles. The van der Waals surface area contributed by atoms with Crippen LogP contribution in [0.5, 0.6) is 0 Å². The molecular formula is C13H17FN4O2S. The molecule has 6 nitrogen and oxygen atoms in total. The standard InChI is InChI=1S/C13H17FN4O2S/c1-2-18(13-6-4-3-5-12(13)14)21(19,20)11-9-16-17(10-11)8-7-15/h3-6,9-10H,2,7-8,15H2,1H3. The van der Waals surface area contributed by atoms with Crippen molar-refractivity contribution in [3.05, 3.63) is 42.5 Å². The zero-order valence-corrected chi connectivity index (χ0v) is 12.4. The summed E-state index contributed by atoms with van der Waals surface area (Å²) in [7, 11) is -3.85. The molecule has 2 rings (SSSR count). The predicted octanol–water partition coefficient (Wildman–Crippen LogP) is 1.20. The van der Waals surface area contributed by atoms with Gasteiger partial charge in [-0.05, 0) is 19.1 Å². The number of benzene rings is 1. The Labute approximate surface area is 123 Å². The van der Waals surface area contributed by atoms with Crippen LogP contribution < -0.4 is 10.0 Å². The molecule has 1 aromatic carbocycles. The lowest BCUT2D eigenvalue weighted by molar-refractivity contribution is 0.585. The van der Waals surface area contributed by atoms with Gasteiger partial charge in [0.15, 0.2) is 0 Å². The maximum atomic E-state index is 13.9. The Morgan fingerprint density at radius 3 is 2.71 bits per heavy atom. The van der Waals surface area contributed by atoms with Crippen molar-refractivity contribution in [2.24, 2.45) is 5.73 Å². The Hall–Kier alpha value is -1.93. The largest absolute Gasteiger partial charge is 0.329 e. The van der Waals surface area contributed by atoms with Crippen molar-refractivity contribution in [2.45, 2.75) is 18.4 Å². The molecule has 8 heteroatoms. The van der Waals surface area contributed by atoms with Crippen LogP contribution in [0.4, 0.5) is 10.1 Å². The highest BCUT2D eigenvalue weighted by atomic mass is 32.2. The van der Waals surface area contributed by atoms with Gasteiger partial charge >= 0.3 is 0 Å². The third kappa shape index (κ3) is 3.06. The number of para-hydroxylation sites is 1. The molecule has 0 fully saturated rings. The van der Waals surface area contributed by atoms with Crippen molar-refractivity contribution < 1.29 is 12.8 Å². The summed E-state index contributed by atoms with van der Waals surface area (Å²) < 4.78 is 41.5. The molecule has 2 aromatic rings. The summed E-state index contributed by atoms with van der Waals surface area (Å²) in [5, 5.41) is 3.94. The van der Waals surface area contributed by atoms with Crippen LogP contribution in [-0.4, -0.2) is 31.3 Å². The molecule has 0 radical (unpaired) electrons. The van der Waals surface area contributed by atoms with Crippen molar-refractivity contribution in [2.75, 3.05) is 17.4 Å². The predicted molar refractivity (Wildman–Crippen MR) is 77.9 cm³/mol. The van der Waals surface area contributed by atoms with E-state index in [4.69, 9.17) is 5.73 Å². The smallest absolute Gasteiger partial charge is 0.267 e. The SMILES string of the molecule is CCN(c1ccccc1F)S(=O)(=O)c1cnn(CCN)c1. The topological polar surface area (TPSA) is 81.2 Å². The van der Waals surface area contributed by atoms with E-state index < -0.39 is 15.8 Å². The van der Waals surface area contributed by atoms with E-state index in [1.165, 1.54) is 35.3 Å². The van der Waals surface area contributed by atoms with Crippen molar-refractivity contribution in [3.63, 3.8) is 0 Å². The Balaban J connectivity index is 2.42. The summed E-state index contributed by atoms with van der Waals surface area (Å²) >= 11 is 0. The first-order valence-corrected chi connectivity index (χ1v) is 7.94. The van der Waals surface area contributed by atoms with E-state index in [1.54, 1.807) is 13.0 Å². The zero-order chi connectivity index (χ0) is 15.5. The van der Waals surface area contributed by atoms with Gasteiger partial charge in [0.2, 0.25) is 0 Å². The number of aromatic nitrogens is 2. The number of nitrogens with two attached hydrogens (primary N) is 1. The van der Waals surface area contributed by atoms with Crippen LogP contribution in [-0.2, 0) is 16.6 Å². The van der Waals surface area contributed by atoms with Crippen LogP contribution in [0.1, 0.15) is 6.92 Å². The van der Waals surface area contributed by atoms with E-state index in [-0.39, 0.29) is 17.1 Å². The fourth-order valence-electron chi connectivity index (χ4n) is 1.98. The summed E-state index contributed by atoms with van der Waals surface area (Å²) in [6.45, 7) is 2.53. The quantitative estimate of drug-likeness (QED) is 0.869. The van der Waals surface area contributed by atoms with Gasteiger partial charge in [-0.2, -0.15) is 5.10 Å². The molecule has 0 atom stereocenters. The fourth-order valence-corrected chi connectivity index (χ4v) is 3.42. The molecule has 0 spiro atoms. The van der Waals surface area contributed by atoms with Crippen LogP contribution in [0, 0.1) is 5.82 Å². The molecule has 2 N–H and O–H groups in total. The molecule has 1 heterocycles. The van der Waals surface area contributed by atoms with Gasteiger partial charge < -0.3 is 5.73 Å². The number of anilines is 1. The van der Waals surface area contributed by atoms with E-state index in [1.807, 2.05) is 0 Å². The number of rotatable bonds is 6. The normalized spacial score (nSPS) is 11.6.